The van der Waals surface area contributed by atoms with Crippen molar-refractivity contribution in [2.45, 2.75) is 0 Å². The molecular formula is C9H8Cl2N4. The first kappa shape index (κ1) is 11.7. The van der Waals surface area contributed by atoms with Crippen molar-refractivity contribution in [3.8, 4) is 0 Å². The maximum absolute atomic E-state index is 5.88. The molecule has 0 unspecified atom stereocenters. The summed E-state index contributed by atoms with van der Waals surface area (Å²) in [5, 5.41) is 8.39. The third-order valence-corrected chi connectivity index (χ3v) is 1.91. The highest BCUT2D eigenvalue weighted by Gasteiger charge is 1.96. The van der Waals surface area contributed by atoms with Crippen molar-refractivity contribution in [3.63, 3.8) is 0 Å². The number of benzene rings is 1. The van der Waals surface area contributed by atoms with Gasteiger partial charge in [-0.25, -0.2) is 4.98 Å². The summed E-state index contributed by atoms with van der Waals surface area (Å²) in [6.45, 7) is 0. The summed E-state index contributed by atoms with van der Waals surface area (Å²) in [5.74, 6) is 0.463. The zero-order chi connectivity index (χ0) is 9.80. The van der Waals surface area contributed by atoms with Crippen molar-refractivity contribution in [2.24, 2.45) is 10.2 Å². The summed E-state index contributed by atoms with van der Waals surface area (Å²) < 4.78 is 0. The minimum absolute atomic E-state index is 0. The molecule has 0 aliphatic carbocycles. The first-order valence-corrected chi connectivity index (χ1v) is 4.40. The van der Waals surface area contributed by atoms with Gasteiger partial charge in [0.2, 0.25) is 5.95 Å². The number of hydrogen-bond acceptors (Lipinski definition) is 3. The molecule has 15 heavy (non-hydrogen) atoms. The Morgan fingerprint density at radius 1 is 1.20 bits per heavy atom. The van der Waals surface area contributed by atoms with Gasteiger partial charge in [-0.1, -0.05) is 23.7 Å². The van der Waals surface area contributed by atoms with Crippen molar-refractivity contribution in [1.29, 1.82) is 0 Å². The van der Waals surface area contributed by atoms with Crippen LogP contribution < -0.4 is 0 Å². The number of halogens is 2. The number of aromatic nitrogens is 2. The van der Waals surface area contributed by atoms with Crippen molar-refractivity contribution >= 4 is 35.6 Å². The molecule has 1 aromatic carbocycles. The monoisotopic (exact) mass is 242 g/mol. The molecule has 0 aliphatic rings. The van der Waals surface area contributed by atoms with Crippen LogP contribution in [0.5, 0.6) is 0 Å². The van der Waals surface area contributed by atoms with E-state index in [0.29, 0.717) is 16.7 Å². The minimum Gasteiger partial charge on any atom is -0.328 e. The quantitative estimate of drug-likeness (QED) is 0.799. The zero-order valence-electron chi connectivity index (χ0n) is 7.59. The first-order valence-electron chi connectivity index (χ1n) is 4.02. The normalized spacial score (nSPS) is 10.2. The number of hydrogen-bond donors (Lipinski definition) is 1. The summed E-state index contributed by atoms with van der Waals surface area (Å²) in [5.41, 5.74) is 0.630. The maximum atomic E-state index is 5.88. The zero-order valence-corrected chi connectivity index (χ0v) is 9.16. The van der Waals surface area contributed by atoms with Crippen molar-refractivity contribution in [3.05, 3.63) is 41.7 Å². The summed E-state index contributed by atoms with van der Waals surface area (Å²) in [6.07, 6.45) is 3.29. The largest absolute Gasteiger partial charge is 0.328 e. The smallest absolute Gasteiger partial charge is 0.246 e. The van der Waals surface area contributed by atoms with Gasteiger partial charge in [0.25, 0.3) is 0 Å². The van der Waals surface area contributed by atoms with Crippen LogP contribution in [0.1, 0.15) is 0 Å². The second-order valence-electron chi connectivity index (χ2n) is 2.56. The van der Waals surface area contributed by atoms with Gasteiger partial charge in [0.05, 0.1) is 5.02 Å². The second kappa shape index (κ2) is 5.48. The van der Waals surface area contributed by atoms with Crippen molar-refractivity contribution in [1.82, 2.24) is 9.97 Å². The highest BCUT2D eigenvalue weighted by atomic mass is 35.5. The standard InChI is InChI=1S/C9H7ClN4.ClH/c10-7-3-1-2-4-8(7)13-14-9-11-5-6-12-9;/h1-6H,(H,11,12);1H. The molecule has 0 aliphatic heterocycles. The van der Waals surface area contributed by atoms with Crippen molar-refractivity contribution in [2.75, 3.05) is 0 Å². The number of nitrogens with one attached hydrogen (secondary N) is 1. The van der Waals surface area contributed by atoms with Gasteiger partial charge in [0, 0.05) is 12.4 Å². The Morgan fingerprint density at radius 3 is 2.67 bits per heavy atom. The first-order chi connectivity index (χ1) is 6.86. The fourth-order valence-electron chi connectivity index (χ4n) is 0.946. The third kappa shape index (κ3) is 3.04. The summed E-state index contributed by atoms with van der Waals surface area (Å²) in [4.78, 5) is 6.71. The molecular weight excluding hydrogens is 235 g/mol. The van der Waals surface area contributed by atoms with E-state index in [1.165, 1.54) is 0 Å². The van der Waals surface area contributed by atoms with E-state index < -0.39 is 0 Å². The Hall–Kier alpha value is -1.39. The van der Waals surface area contributed by atoms with Gasteiger partial charge in [0.1, 0.15) is 5.69 Å². The summed E-state index contributed by atoms with van der Waals surface area (Å²) >= 11 is 5.88. The van der Waals surface area contributed by atoms with E-state index in [2.05, 4.69) is 20.2 Å². The lowest BCUT2D eigenvalue weighted by Gasteiger charge is -1.93. The summed E-state index contributed by atoms with van der Waals surface area (Å²) in [6, 6.07) is 7.24. The van der Waals surface area contributed by atoms with Crippen LogP contribution in [-0.2, 0) is 0 Å². The number of rotatable bonds is 2. The van der Waals surface area contributed by atoms with E-state index in [1.54, 1.807) is 24.5 Å². The molecule has 4 nitrogen and oxygen atoms in total. The fourth-order valence-corrected chi connectivity index (χ4v) is 1.12. The van der Waals surface area contributed by atoms with Gasteiger partial charge in [-0.2, -0.15) is 0 Å². The van der Waals surface area contributed by atoms with E-state index in [-0.39, 0.29) is 12.4 Å². The molecule has 1 heterocycles. The number of azo groups is 1. The molecule has 0 saturated heterocycles. The summed E-state index contributed by atoms with van der Waals surface area (Å²) in [7, 11) is 0. The number of H-pyrrole nitrogens is 1. The van der Waals surface area contributed by atoms with Gasteiger partial charge in [-0.15, -0.1) is 22.6 Å². The van der Waals surface area contributed by atoms with E-state index in [0.717, 1.165) is 0 Å². The number of nitrogens with zero attached hydrogens (tertiary/aromatic N) is 3. The van der Waals surface area contributed by atoms with E-state index in [1.807, 2.05) is 12.1 Å². The van der Waals surface area contributed by atoms with E-state index >= 15 is 0 Å². The van der Waals surface area contributed by atoms with Crippen LogP contribution in [0.3, 0.4) is 0 Å². The van der Waals surface area contributed by atoms with Crippen LogP contribution in [0.25, 0.3) is 0 Å². The molecule has 6 heteroatoms. The Balaban J connectivity index is 0.00000112. The van der Waals surface area contributed by atoms with Crippen LogP contribution >= 0.6 is 24.0 Å². The molecule has 2 rings (SSSR count). The lowest BCUT2D eigenvalue weighted by Crippen LogP contribution is -1.67. The average Bonchev–Trinajstić information content (AvgIpc) is 2.69. The SMILES string of the molecule is Cl.Clc1ccccc1N=Nc1ncc[nH]1. The third-order valence-electron chi connectivity index (χ3n) is 1.59. The van der Waals surface area contributed by atoms with Gasteiger partial charge in [-0.05, 0) is 12.1 Å². The lowest BCUT2D eigenvalue weighted by molar-refractivity contribution is 1.12. The Kier molecular flexibility index (Phi) is 4.27. The highest BCUT2D eigenvalue weighted by molar-refractivity contribution is 6.32. The molecule has 1 aromatic heterocycles. The van der Waals surface area contributed by atoms with Gasteiger partial charge in [0.15, 0.2) is 0 Å². The van der Waals surface area contributed by atoms with Crippen LogP contribution in [-0.4, -0.2) is 9.97 Å². The molecule has 1 N–H and O–H groups in total. The predicted octanol–water partition coefficient (Wildman–Crippen LogP) is 3.90. The lowest BCUT2D eigenvalue weighted by atomic mass is 10.3. The van der Waals surface area contributed by atoms with Gasteiger partial charge < -0.3 is 4.98 Å². The molecule has 0 amide bonds. The predicted molar refractivity (Wildman–Crippen MR) is 61.5 cm³/mol. The molecule has 2 aromatic rings. The Labute approximate surface area is 97.8 Å². The molecule has 0 atom stereocenters. The van der Waals surface area contributed by atoms with E-state index in [9.17, 15) is 0 Å². The van der Waals surface area contributed by atoms with Crippen molar-refractivity contribution < 1.29 is 0 Å². The van der Waals surface area contributed by atoms with Gasteiger partial charge in [-0.3, -0.25) is 0 Å². The molecule has 0 bridgehead atoms. The molecule has 78 valence electrons. The van der Waals surface area contributed by atoms with Crippen LogP contribution in [0.2, 0.25) is 5.02 Å². The number of aromatic amines is 1. The van der Waals surface area contributed by atoms with Crippen LogP contribution in [0.15, 0.2) is 46.9 Å². The van der Waals surface area contributed by atoms with E-state index in [4.69, 9.17) is 11.6 Å². The Morgan fingerprint density at radius 2 is 2.00 bits per heavy atom. The second-order valence-corrected chi connectivity index (χ2v) is 2.97. The minimum atomic E-state index is 0. The highest BCUT2D eigenvalue weighted by Crippen LogP contribution is 2.24. The molecule has 0 spiro atoms. The van der Waals surface area contributed by atoms with Crippen LogP contribution in [0.4, 0.5) is 11.6 Å². The van der Waals surface area contributed by atoms with Gasteiger partial charge >= 0.3 is 0 Å². The van der Waals surface area contributed by atoms with Crippen LogP contribution in [0, 0.1) is 0 Å². The maximum Gasteiger partial charge on any atom is 0.246 e. The Bertz CT molecular complexity index is 439. The molecule has 0 saturated carbocycles. The molecule has 0 fully saturated rings. The topological polar surface area (TPSA) is 53.4 Å². The number of imidazole rings is 1. The fraction of sp³-hybridized carbons (Fsp3) is 0. The average molecular weight is 243 g/mol. The molecule has 0 radical (unpaired) electrons.